The van der Waals surface area contributed by atoms with Crippen LogP contribution in [0.5, 0.6) is 0 Å². The third-order valence-corrected chi connectivity index (χ3v) is 2.67. The van der Waals surface area contributed by atoms with Crippen LogP contribution in [0.2, 0.25) is 0 Å². The van der Waals surface area contributed by atoms with Crippen LogP contribution in [0.3, 0.4) is 0 Å². The van der Waals surface area contributed by atoms with Crippen LogP contribution < -0.4 is 5.32 Å². The van der Waals surface area contributed by atoms with Crippen LogP contribution in [0.4, 0.5) is 4.39 Å². The van der Waals surface area contributed by atoms with Crippen LogP contribution in [0.25, 0.3) is 5.57 Å². The third kappa shape index (κ3) is 2.08. The molecule has 1 heterocycles. The number of aryl methyl sites for hydroxylation is 1. The summed E-state index contributed by atoms with van der Waals surface area (Å²) in [6, 6.07) is 5.06. The van der Waals surface area contributed by atoms with Crippen LogP contribution >= 0.6 is 0 Å². The lowest BCUT2D eigenvalue weighted by atomic mass is 9.97. The normalized spacial score (nSPS) is 21.3. The lowest BCUT2D eigenvalue weighted by Crippen LogP contribution is -2.32. The summed E-state index contributed by atoms with van der Waals surface area (Å²) >= 11 is 0. The number of β-amino-alcohol motifs (C(OH)–C–C–N with tert-alkyl or cyclic N) is 1. The second-order valence-electron chi connectivity index (χ2n) is 3.80. The number of rotatable bonds is 1. The number of benzene rings is 1. The van der Waals surface area contributed by atoms with Gasteiger partial charge in [-0.1, -0.05) is 18.2 Å². The second-order valence-corrected chi connectivity index (χ2v) is 3.80. The van der Waals surface area contributed by atoms with Crippen molar-refractivity contribution in [3.63, 3.8) is 0 Å². The van der Waals surface area contributed by atoms with E-state index in [0.717, 1.165) is 17.7 Å². The Kier molecular flexibility index (Phi) is 2.84. The third-order valence-electron chi connectivity index (χ3n) is 2.67. The zero-order valence-electron chi connectivity index (χ0n) is 8.63. The fraction of sp³-hybridized carbons (Fsp3) is 0.333. The van der Waals surface area contributed by atoms with Gasteiger partial charge >= 0.3 is 0 Å². The Balaban J connectivity index is 2.36. The molecule has 0 aliphatic carbocycles. The van der Waals surface area contributed by atoms with E-state index in [1.54, 1.807) is 13.0 Å². The van der Waals surface area contributed by atoms with Crippen molar-refractivity contribution < 1.29 is 9.50 Å². The van der Waals surface area contributed by atoms with Crippen molar-refractivity contribution >= 4 is 5.57 Å². The smallest absolute Gasteiger partial charge is 0.126 e. The average molecular weight is 207 g/mol. The maximum absolute atomic E-state index is 13.3. The Morgan fingerprint density at radius 2 is 2.27 bits per heavy atom. The number of nitrogens with one attached hydrogen (secondary N) is 1. The van der Waals surface area contributed by atoms with Crippen molar-refractivity contribution in [3.8, 4) is 0 Å². The highest BCUT2D eigenvalue weighted by molar-refractivity contribution is 5.70. The molecule has 0 radical (unpaired) electrons. The number of hydrogen-bond donors (Lipinski definition) is 2. The molecule has 0 fully saturated rings. The molecule has 0 bridgehead atoms. The molecule has 1 aliphatic heterocycles. The van der Waals surface area contributed by atoms with E-state index in [9.17, 15) is 9.50 Å². The first-order chi connectivity index (χ1) is 7.18. The highest BCUT2D eigenvalue weighted by Gasteiger charge is 2.16. The lowest BCUT2D eigenvalue weighted by Gasteiger charge is -2.20. The van der Waals surface area contributed by atoms with Crippen LogP contribution in [0.15, 0.2) is 24.3 Å². The molecule has 2 rings (SSSR count). The molecule has 0 saturated heterocycles. The first-order valence-electron chi connectivity index (χ1n) is 5.04. The Labute approximate surface area is 88.4 Å². The first-order valence-corrected chi connectivity index (χ1v) is 5.04. The van der Waals surface area contributed by atoms with Gasteiger partial charge in [0.1, 0.15) is 5.82 Å². The van der Waals surface area contributed by atoms with E-state index in [1.165, 1.54) is 6.07 Å². The predicted molar refractivity (Wildman–Crippen MR) is 58.0 cm³/mol. The molecule has 2 N–H and O–H groups in total. The lowest BCUT2D eigenvalue weighted by molar-refractivity contribution is 0.225. The van der Waals surface area contributed by atoms with Gasteiger partial charge in [0.05, 0.1) is 6.10 Å². The van der Waals surface area contributed by atoms with Gasteiger partial charge in [-0.05, 0) is 29.7 Å². The molecule has 0 unspecified atom stereocenters. The Hall–Kier alpha value is -1.19. The molecule has 15 heavy (non-hydrogen) atoms. The van der Waals surface area contributed by atoms with Crippen LogP contribution in [0, 0.1) is 12.7 Å². The molecule has 2 nitrogen and oxygen atoms in total. The molecular weight excluding hydrogens is 193 g/mol. The highest BCUT2D eigenvalue weighted by atomic mass is 19.1. The first kappa shape index (κ1) is 10.3. The van der Waals surface area contributed by atoms with Crippen molar-refractivity contribution in [2.24, 2.45) is 0 Å². The summed E-state index contributed by atoms with van der Waals surface area (Å²) < 4.78 is 13.3. The Morgan fingerprint density at radius 3 is 2.93 bits per heavy atom. The fourth-order valence-electron chi connectivity index (χ4n) is 1.73. The van der Waals surface area contributed by atoms with Gasteiger partial charge in [0.15, 0.2) is 0 Å². The number of halogens is 1. The molecule has 0 aromatic heterocycles. The van der Waals surface area contributed by atoms with Crippen LogP contribution in [-0.2, 0) is 0 Å². The summed E-state index contributed by atoms with van der Waals surface area (Å²) in [4.78, 5) is 0. The highest BCUT2D eigenvalue weighted by Crippen LogP contribution is 2.22. The molecule has 1 aromatic carbocycles. The standard InChI is InChI=1S/C12H14FNO/c1-8-2-3-9(6-11(8)13)10-4-5-14-7-12(10)15/h2-4,6,12,14-15H,5,7H2,1H3/t12-/m0/s1. The van der Waals surface area contributed by atoms with Gasteiger partial charge in [-0.2, -0.15) is 0 Å². The quantitative estimate of drug-likeness (QED) is 0.731. The van der Waals surface area contributed by atoms with Gasteiger partial charge in [-0.3, -0.25) is 0 Å². The van der Waals surface area contributed by atoms with Gasteiger partial charge in [0, 0.05) is 13.1 Å². The molecule has 0 amide bonds. The van der Waals surface area contributed by atoms with E-state index in [-0.39, 0.29) is 5.82 Å². The number of hydrogen-bond acceptors (Lipinski definition) is 2. The minimum atomic E-state index is -0.541. The zero-order valence-corrected chi connectivity index (χ0v) is 8.63. The summed E-state index contributed by atoms with van der Waals surface area (Å²) in [6.07, 6.45) is 1.36. The average Bonchev–Trinajstić information content (AvgIpc) is 2.23. The number of aliphatic hydroxyl groups is 1. The molecule has 1 aliphatic rings. The molecule has 0 saturated carbocycles. The van der Waals surface area contributed by atoms with Gasteiger partial charge in [0.25, 0.3) is 0 Å². The maximum atomic E-state index is 13.3. The van der Waals surface area contributed by atoms with Crippen LogP contribution in [-0.4, -0.2) is 24.3 Å². The minimum Gasteiger partial charge on any atom is -0.387 e. The summed E-state index contributed by atoms with van der Waals surface area (Å²) in [6.45, 7) is 2.98. The zero-order chi connectivity index (χ0) is 10.8. The van der Waals surface area contributed by atoms with Gasteiger partial charge < -0.3 is 10.4 Å². The van der Waals surface area contributed by atoms with Crippen molar-refractivity contribution in [1.29, 1.82) is 0 Å². The van der Waals surface area contributed by atoms with Gasteiger partial charge in [-0.15, -0.1) is 0 Å². The molecule has 1 aromatic rings. The van der Waals surface area contributed by atoms with Gasteiger partial charge in [-0.25, -0.2) is 4.39 Å². The largest absolute Gasteiger partial charge is 0.387 e. The van der Waals surface area contributed by atoms with E-state index in [0.29, 0.717) is 12.1 Å². The van der Waals surface area contributed by atoms with Crippen LogP contribution in [0.1, 0.15) is 11.1 Å². The molecule has 80 valence electrons. The Morgan fingerprint density at radius 1 is 1.47 bits per heavy atom. The molecular formula is C12H14FNO. The summed E-state index contributed by atoms with van der Waals surface area (Å²) in [5, 5.41) is 12.8. The molecule has 0 spiro atoms. The topological polar surface area (TPSA) is 32.3 Å². The summed E-state index contributed by atoms with van der Waals surface area (Å²) in [5.74, 6) is -0.223. The molecule has 3 heteroatoms. The fourth-order valence-corrected chi connectivity index (χ4v) is 1.73. The predicted octanol–water partition coefficient (Wildman–Crippen LogP) is 1.48. The summed E-state index contributed by atoms with van der Waals surface area (Å²) in [5.41, 5.74) is 2.21. The van der Waals surface area contributed by atoms with Crippen molar-refractivity contribution in [1.82, 2.24) is 5.32 Å². The van der Waals surface area contributed by atoms with Crippen molar-refractivity contribution in [2.45, 2.75) is 13.0 Å². The van der Waals surface area contributed by atoms with Crippen molar-refractivity contribution in [2.75, 3.05) is 13.1 Å². The second kappa shape index (κ2) is 4.13. The minimum absolute atomic E-state index is 0.223. The van der Waals surface area contributed by atoms with E-state index < -0.39 is 6.10 Å². The molecule has 1 atom stereocenters. The van der Waals surface area contributed by atoms with E-state index in [2.05, 4.69) is 5.32 Å². The van der Waals surface area contributed by atoms with E-state index >= 15 is 0 Å². The van der Waals surface area contributed by atoms with Crippen molar-refractivity contribution in [3.05, 3.63) is 41.2 Å². The van der Waals surface area contributed by atoms with Gasteiger partial charge in [0.2, 0.25) is 0 Å². The maximum Gasteiger partial charge on any atom is 0.126 e. The summed E-state index contributed by atoms with van der Waals surface area (Å²) in [7, 11) is 0. The van der Waals surface area contributed by atoms with E-state index in [1.807, 2.05) is 12.1 Å². The van der Waals surface area contributed by atoms with E-state index in [4.69, 9.17) is 0 Å². The Bertz CT molecular complexity index is 401. The number of aliphatic hydroxyl groups excluding tert-OH is 1. The SMILES string of the molecule is Cc1ccc(C2=CCNC[C@@H]2O)cc1F. The monoisotopic (exact) mass is 207 g/mol.